The number of hydrogen-bond donors (Lipinski definition) is 2. The number of nitrogens with one attached hydrogen (secondary N) is 1. The molecule has 8 heteroatoms. The lowest BCUT2D eigenvalue weighted by Crippen LogP contribution is -2.38. The molecule has 1 aliphatic rings. The third kappa shape index (κ3) is 3.57. The summed E-state index contributed by atoms with van der Waals surface area (Å²) in [7, 11) is -3.19. The maximum atomic E-state index is 12.1. The Morgan fingerprint density at radius 2 is 2.00 bits per heavy atom. The standard InChI is InChI=1S/C13H17NO6S/c1-3-21(17,18)6-8(2)14-13(16)9-4-11-12(5-10(9)15)20-7-19-11/h4-5,8,15H,3,6-7H2,1-2H3,(H,14,16)/t8-/m1/s1. The number of carbonyl (C=O) groups is 1. The SMILES string of the molecule is CCS(=O)(=O)C[C@@H](C)NC(=O)c1cc2c(cc1O)OCO2. The van der Waals surface area contributed by atoms with Crippen molar-refractivity contribution in [2.45, 2.75) is 19.9 Å². The van der Waals surface area contributed by atoms with Crippen molar-refractivity contribution in [3.8, 4) is 17.2 Å². The Bertz CT molecular complexity index is 655. The van der Waals surface area contributed by atoms with Gasteiger partial charge in [0.15, 0.2) is 21.3 Å². The van der Waals surface area contributed by atoms with Gasteiger partial charge in [-0.2, -0.15) is 0 Å². The van der Waals surface area contributed by atoms with Gasteiger partial charge >= 0.3 is 0 Å². The molecule has 1 amide bonds. The highest BCUT2D eigenvalue weighted by Gasteiger charge is 2.22. The monoisotopic (exact) mass is 315 g/mol. The normalized spacial score (nSPS) is 14.8. The second kappa shape index (κ2) is 5.80. The van der Waals surface area contributed by atoms with Gasteiger partial charge in [-0.3, -0.25) is 4.79 Å². The molecule has 116 valence electrons. The molecule has 1 heterocycles. The second-order valence-electron chi connectivity index (χ2n) is 4.80. The number of carbonyl (C=O) groups excluding carboxylic acids is 1. The fourth-order valence-electron chi connectivity index (χ4n) is 1.96. The number of ether oxygens (including phenoxy) is 2. The van der Waals surface area contributed by atoms with Crippen LogP contribution in [0.4, 0.5) is 0 Å². The topological polar surface area (TPSA) is 102 Å². The summed E-state index contributed by atoms with van der Waals surface area (Å²) in [5, 5.41) is 12.4. The number of phenols is 1. The van der Waals surface area contributed by atoms with Gasteiger partial charge in [-0.1, -0.05) is 6.92 Å². The molecule has 2 N–H and O–H groups in total. The van der Waals surface area contributed by atoms with E-state index in [2.05, 4.69) is 5.32 Å². The van der Waals surface area contributed by atoms with Crippen LogP contribution >= 0.6 is 0 Å². The number of benzene rings is 1. The van der Waals surface area contributed by atoms with E-state index in [4.69, 9.17) is 9.47 Å². The van der Waals surface area contributed by atoms with Gasteiger partial charge in [-0.15, -0.1) is 0 Å². The minimum absolute atomic E-state index is 0.0139. The molecule has 7 nitrogen and oxygen atoms in total. The van der Waals surface area contributed by atoms with Crippen molar-refractivity contribution in [1.82, 2.24) is 5.32 Å². The fourth-order valence-corrected chi connectivity index (χ4v) is 3.04. The summed E-state index contributed by atoms with van der Waals surface area (Å²) in [6.45, 7) is 3.17. The molecule has 0 saturated heterocycles. The van der Waals surface area contributed by atoms with Crippen LogP contribution in [-0.2, 0) is 9.84 Å². The van der Waals surface area contributed by atoms with Crippen LogP contribution in [0.5, 0.6) is 17.2 Å². The summed E-state index contributed by atoms with van der Waals surface area (Å²) < 4.78 is 33.2. The molecule has 0 unspecified atom stereocenters. The Morgan fingerprint density at radius 3 is 2.62 bits per heavy atom. The lowest BCUT2D eigenvalue weighted by molar-refractivity contribution is 0.0940. The van der Waals surface area contributed by atoms with Crippen LogP contribution in [-0.4, -0.2) is 43.8 Å². The first-order valence-electron chi connectivity index (χ1n) is 6.46. The van der Waals surface area contributed by atoms with E-state index in [9.17, 15) is 18.3 Å². The minimum Gasteiger partial charge on any atom is -0.507 e. The summed E-state index contributed by atoms with van der Waals surface area (Å²) in [6, 6.07) is 2.10. The number of hydrogen-bond acceptors (Lipinski definition) is 6. The Hall–Kier alpha value is -1.96. The predicted molar refractivity (Wildman–Crippen MR) is 75.5 cm³/mol. The van der Waals surface area contributed by atoms with E-state index in [1.165, 1.54) is 12.1 Å². The van der Waals surface area contributed by atoms with Crippen LogP contribution in [0.2, 0.25) is 0 Å². The molecule has 1 aliphatic heterocycles. The zero-order valence-corrected chi connectivity index (χ0v) is 12.6. The van der Waals surface area contributed by atoms with E-state index in [1.807, 2.05) is 0 Å². The molecule has 0 bridgehead atoms. The first-order valence-corrected chi connectivity index (χ1v) is 8.28. The van der Waals surface area contributed by atoms with Crippen molar-refractivity contribution in [1.29, 1.82) is 0 Å². The molecule has 0 spiro atoms. The molecule has 21 heavy (non-hydrogen) atoms. The van der Waals surface area contributed by atoms with Crippen molar-refractivity contribution >= 4 is 15.7 Å². The van der Waals surface area contributed by atoms with E-state index < -0.39 is 21.8 Å². The molecule has 1 aromatic carbocycles. The lowest BCUT2D eigenvalue weighted by atomic mass is 10.1. The fraction of sp³-hybridized carbons (Fsp3) is 0.462. The molecule has 1 atom stereocenters. The zero-order valence-electron chi connectivity index (χ0n) is 11.8. The van der Waals surface area contributed by atoms with Crippen LogP contribution in [0.25, 0.3) is 0 Å². The summed E-state index contributed by atoms with van der Waals surface area (Å²) in [6.07, 6.45) is 0. The maximum absolute atomic E-state index is 12.1. The Kier molecular flexibility index (Phi) is 4.26. The van der Waals surface area contributed by atoms with Crippen molar-refractivity contribution in [3.63, 3.8) is 0 Å². The molecular weight excluding hydrogens is 298 g/mol. The van der Waals surface area contributed by atoms with E-state index in [0.29, 0.717) is 11.5 Å². The average Bonchev–Trinajstić information content (AvgIpc) is 2.83. The highest BCUT2D eigenvalue weighted by atomic mass is 32.2. The molecule has 0 fully saturated rings. The third-order valence-corrected chi connectivity index (χ3v) is 4.94. The number of sulfone groups is 1. The van der Waals surface area contributed by atoms with Gasteiger partial charge in [0.25, 0.3) is 5.91 Å². The van der Waals surface area contributed by atoms with Crippen LogP contribution in [0, 0.1) is 0 Å². The largest absolute Gasteiger partial charge is 0.507 e. The third-order valence-electron chi connectivity index (χ3n) is 3.06. The number of fused-ring (bicyclic) bond motifs is 1. The summed E-state index contributed by atoms with van der Waals surface area (Å²) >= 11 is 0. The number of phenolic OH excluding ortho intramolecular Hbond substituents is 1. The average molecular weight is 315 g/mol. The van der Waals surface area contributed by atoms with Gasteiger partial charge in [0.05, 0.1) is 11.3 Å². The summed E-state index contributed by atoms with van der Waals surface area (Å²) in [5.41, 5.74) is 0.0139. The van der Waals surface area contributed by atoms with Crippen LogP contribution in [0.1, 0.15) is 24.2 Å². The quantitative estimate of drug-likeness (QED) is 0.828. The summed E-state index contributed by atoms with van der Waals surface area (Å²) in [5.74, 6) is -0.215. The van der Waals surface area contributed by atoms with Gasteiger partial charge in [0, 0.05) is 23.9 Å². The predicted octanol–water partition coefficient (Wildman–Crippen LogP) is 0.674. The molecular formula is C13H17NO6S. The van der Waals surface area contributed by atoms with Crippen LogP contribution < -0.4 is 14.8 Å². The first-order chi connectivity index (χ1) is 9.82. The van der Waals surface area contributed by atoms with Crippen molar-refractivity contribution < 1.29 is 27.8 Å². The Labute approximate surface area is 122 Å². The first kappa shape index (κ1) is 15.4. The van der Waals surface area contributed by atoms with Crippen molar-refractivity contribution in [2.75, 3.05) is 18.3 Å². The molecule has 0 saturated carbocycles. The molecule has 0 aromatic heterocycles. The van der Waals surface area contributed by atoms with E-state index in [0.717, 1.165) is 0 Å². The van der Waals surface area contributed by atoms with Crippen LogP contribution in [0.3, 0.4) is 0 Å². The summed E-state index contributed by atoms with van der Waals surface area (Å²) in [4.78, 5) is 12.1. The Morgan fingerprint density at radius 1 is 1.38 bits per heavy atom. The lowest BCUT2D eigenvalue weighted by Gasteiger charge is -2.14. The van der Waals surface area contributed by atoms with E-state index >= 15 is 0 Å². The van der Waals surface area contributed by atoms with Crippen LogP contribution in [0.15, 0.2) is 12.1 Å². The number of amides is 1. The maximum Gasteiger partial charge on any atom is 0.255 e. The zero-order chi connectivity index (χ0) is 15.6. The smallest absolute Gasteiger partial charge is 0.255 e. The van der Waals surface area contributed by atoms with Gasteiger partial charge in [0.2, 0.25) is 6.79 Å². The molecule has 0 radical (unpaired) electrons. The van der Waals surface area contributed by atoms with E-state index in [1.54, 1.807) is 13.8 Å². The number of rotatable bonds is 5. The molecule has 2 rings (SSSR count). The number of aromatic hydroxyl groups is 1. The highest BCUT2D eigenvalue weighted by molar-refractivity contribution is 7.91. The molecule has 0 aliphatic carbocycles. The van der Waals surface area contributed by atoms with Crippen molar-refractivity contribution in [2.24, 2.45) is 0 Å². The van der Waals surface area contributed by atoms with Crippen molar-refractivity contribution in [3.05, 3.63) is 17.7 Å². The second-order valence-corrected chi connectivity index (χ2v) is 7.19. The minimum atomic E-state index is -3.19. The van der Waals surface area contributed by atoms with Gasteiger partial charge in [-0.05, 0) is 6.92 Å². The Balaban J connectivity index is 2.11. The van der Waals surface area contributed by atoms with Gasteiger partial charge in [-0.25, -0.2) is 8.42 Å². The van der Waals surface area contributed by atoms with E-state index in [-0.39, 0.29) is 29.6 Å². The highest BCUT2D eigenvalue weighted by Crippen LogP contribution is 2.37. The molecule has 1 aromatic rings. The van der Waals surface area contributed by atoms with Gasteiger partial charge < -0.3 is 19.9 Å². The van der Waals surface area contributed by atoms with Gasteiger partial charge in [0.1, 0.15) is 5.75 Å².